The molecule has 1 atom stereocenters. The highest BCUT2D eigenvalue weighted by atomic mass is 35.5. The molecule has 1 unspecified atom stereocenters. The molecule has 0 spiro atoms. The van der Waals surface area contributed by atoms with Crippen molar-refractivity contribution < 1.29 is 23.8 Å². The van der Waals surface area contributed by atoms with Crippen LogP contribution in [0.25, 0.3) is 10.8 Å². The summed E-state index contributed by atoms with van der Waals surface area (Å²) in [6, 6.07) is 12.0. The molecule has 0 radical (unpaired) electrons. The molecule has 1 aromatic heterocycles. The van der Waals surface area contributed by atoms with Crippen molar-refractivity contribution in [2.75, 3.05) is 19.0 Å². The van der Waals surface area contributed by atoms with E-state index < -0.39 is 23.8 Å². The van der Waals surface area contributed by atoms with Crippen LogP contribution >= 0.6 is 11.6 Å². The van der Waals surface area contributed by atoms with Gasteiger partial charge in [-0.1, -0.05) is 35.9 Å². The van der Waals surface area contributed by atoms with Crippen LogP contribution in [0, 0.1) is 5.82 Å². The first kappa shape index (κ1) is 26.2. The summed E-state index contributed by atoms with van der Waals surface area (Å²) in [6.45, 7) is 3.27. The SMILES string of the molecule is CN(C(=O)NCc1ccccc1Cl)C(COC(=O)Nc1cc2ccc(F)cc2cn1)CC(C)(C)O. The number of anilines is 1. The van der Waals surface area contributed by atoms with Crippen LogP contribution in [0.5, 0.6) is 0 Å². The first-order valence-electron chi connectivity index (χ1n) is 11.0. The minimum Gasteiger partial charge on any atom is -0.447 e. The van der Waals surface area contributed by atoms with E-state index in [0.717, 1.165) is 5.56 Å². The van der Waals surface area contributed by atoms with E-state index in [-0.39, 0.29) is 31.2 Å². The van der Waals surface area contributed by atoms with Gasteiger partial charge in [0.2, 0.25) is 0 Å². The number of aliphatic hydroxyl groups is 1. The third-order valence-corrected chi connectivity index (χ3v) is 5.68. The third kappa shape index (κ3) is 7.80. The summed E-state index contributed by atoms with van der Waals surface area (Å²) >= 11 is 6.14. The number of rotatable bonds is 8. The molecule has 0 fully saturated rings. The lowest BCUT2D eigenvalue weighted by atomic mass is 9.99. The highest BCUT2D eigenvalue weighted by molar-refractivity contribution is 6.31. The zero-order valence-electron chi connectivity index (χ0n) is 19.7. The van der Waals surface area contributed by atoms with Gasteiger partial charge in [-0.15, -0.1) is 0 Å². The first-order valence-corrected chi connectivity index (χ1v) is 11.3. The van der Waals surface area contributed by atoms with E-state index in [0.29, 0.717) is 15.8 Å². The number of benzene rings is 2. The minimum absolute atomic E-state index is 0.162. The van der Waals surface area contributed by atoms with Crippen molar-refractivity contribution in [2.45, 2.75) is 38.5 Å². The number of nitrogens with one attached hydrogen (secondary N) is 2. The Morgan fingerprint density at radius 3 is 2.66 bits per heavy atom. The van der Waals surface area contributed by atoms with Crippen molar-refractivity contribution in [1.82, 2.24) is 15.2 Å². The molecule has 2 aromatic carbocycles. The third-order valence-electron chi connectivity index (χ3n) is 5.31. The van der Waals surface area contributed by atoms with Gasteiger partial charge in [-0.3, -0.25) is 5.32 Å². The van der Waals surface area contributed by atoms with Gasteiger partial charge in [0, 0.05) is 30.2 Å². The smallest absolute Gasteiger partial charge is 0.412 e. The maximum absolute atomic E-state index is 13.3. The average Bonchev–Trinajstić information content (AvgIpc) is 2.80. The molecule has 3 rings (SSSR count). The second kappa shape index (κ2) is 11.3. The van der Waals surface area contributed by atoms with Crippen molar-refractivity contribution in [3.63, 3.8) is 0 Å². The number of ether oxygens (including phenoxy) is 1. The Balaban J connectivity index is 1.60. The number of hydrogen-bond acceptors (Lipinski definition) is 5. The van der Waals surface area contributed by atoms with Crippen LogP contribution < -0.4 is 10.6 Å². The molecule has 3 N–H and O–H groups in total. The van der Waals surface area contributed by atoms with Crippen molar-refractivity contribution in [3.8, 4) is 0 Å². The van der Waals surface area contributed by atoms with Gasteiger partial charge in [0.1, 0.15) is 18.2 Å². The van der Waals surface area contributed by atoms with Gasteiger partial charge in [0.05, 0.1) is 11.6 Å². The molecular formula is C25H28ClFN4O4. The summed E-state index contributed by atoms with van der Waals surface area (Å²) in [5.74, 6) is -0.142. The van der Waals surface area contributed by atoms with E-state index in [1.165, 1.54) is 23.2 Å². The Hall–Kier alpha value is -3.43. The van der Waals surface area contributed by atoms with Gasteiger partial charge < -0.3 is 20.1 Å². The van der Waals surface area contributed by atoms with E-state index in [1.807, 2.05) is 12.1 Å². The molecule has 3 amide bonds. The Labute approximate surface area is 208 Å². The van der Waals surface area contributed by atoms with Gasteiger partial charge in [-0.05, 0) is 55.5 Å². The topological polar surface area (TPSA) is 104 Å². The fourth-order valence-electron chi connectivity index (χ4n) is 3.48. The number of fused-ring (bicyclic) bond motifs is 1. The predicted octanol–water partition coefficient (Wildman–Crippen LogP) is 4.95. The quantitative estimate of drug-likeness (QED) is 0.404. The van der Waals surface area contributed by atoms with E-state index in [1.54, 1.807) is 45.2 Å². The lowest BCUT2D eigenvalue weighted by molar-refractivity contribution is 0.0277. The van der Waals surface area contributed by atoms with Gasteiger partial charge in [-0.2, -0.15) is 0 Å². The number of likely N-dealkylation sites (N-methyl/N-ethyl adjacent to an activating group) is 1. The molecule has 0 bridgehead atoms. The number of nitrogens with zero attached hydrogens (tertiary/aromatic N) is 2. The van der Waals surface area contributed by atoms with Crippen molar-refractivity contribution >= 4 is 40.3 Å². The summed E-state index contributed by atoms with van der Waals surface area (Å²) in [5, 5.41) is 17.5. The molecule has 3 aromatic rings. The first-order chi connectivity index (χ1) is 16.5. The summed E-state index contributed by atoms with van der Waals surface area (Å²) < 4.78 is 18.7. The van der Waals surface area contributed by atoms with Crippen LogP contribution in [-0.2, 0) is 11.3 Å². The number of hydrogen-bond donors (Lipinski definition) is 3. The van der Waals surface area contributed by atoms with Crippen LogP contribution in [-0.4, -0.2) is 52.4 Å². The number of aromatic nitrogens is 1. The van der Waals surface area contributed by atoms with E-state index in [2.05, 4.69) is 15.6 Å². The maximum atomic E-state index is 13.3. The number of pyridine rings is 1. The number of urea groups is 1. The fourth-order valence-corrected chi connectivity index (χ4v) is 3.68. The number of carbonyl (C=O) groups excluding carboxylic acids is 2. The average molecular weight is 503 g/mol. The van der Waals surface area contributed by atoms with Gasteiger partial charge in [-0.25, -0.2) is 19.0 Å². The summed E-state index contributed by atoms with van der Waals surface area (Å²) in [7, 11) is 1.56. The Morgan fingerprint density at radius 1 is 1.20 bits per heavy atom. The van der Waals surface area contributed by atoms with Gasteiger partial charge in [0.25, 0.3) is 0 Å². The summed E-state index contributed by atoms with van der Waals surface area (Å²) in [6.07, 6.45) is 0.836. The van der Waals surface area contributed by atoms with E-state index >= 15 is 0 Å². The summed E-state index contributed by atoms with van der Waals surface area (Å²) in [5.41, 5.74) is -0.354. The Bertz CT molecular complexity index is 1200. The molecule has 0 saturated heterocycles. The molecule has 0 aliphatic carbocycles. The molecule has 8 nitrogen and oxygen atoms in total. The largest absolute Gasteiger partial charge is 0.447 e. The van der Waals surface area contributed by atoms with Crippen LogP contribution in [0.15, 0.2) is 54.7 Å². The lowest BCUT2D eigenvalue weighted by Gasteiger charge is -2.32. The Kier molecular flexibility index (Phi) is 8.48. The van der Waals surface area contributed by atoms with Gasteiger partial charge in [0.15, 0.2) is 0 Å². The second-order valence-electron chi connectivity index (χ2n) is 8.82. The predicted molar refractivity (Wildman–Crippen MR) is 133 cm³/mol. The molecule has 186 valence electrons. The molecule has 1 heterocycles. The number of carbonyl (C=O) groups is 2. The second-order valence-corrected chi connectivity index (χ2v) is 9.22. The van der Waals surface area contributed by atoms with Crippen LogP contribution in [0.3, 0.4) is 0 Å². The normalized spacial score (nSPS) is 12.2. The van der Waals surface area contributed by atoms with Crippen LogP contribution in [0.1, 0.15) is 25.8 Å². The minimum atomic E-state index is -1.11. The molecular weight excluding hydrogens is 475 g/mol. The van der Waals surface area contributed by atoms with Crippen LogP contribution in [0.2, 0.25) is 5.02 Å². The summed E-state index contributed by atoms with van der Waals surface area (Å²) in [4.78, 5) is 30.6. The Morgan fingerprint density at radius 2 is 1.94 bits per heavy atom. The van der Waals surface area contributed by atoms with Crippen molar-refractivity contribution in [1.29, 1.82) is 0 Å². The fraction of sp³-hybridized carbons (Fsp3) is 0.320. The zero-order chi connectivity index (χ0) is 25.6. The van der Waals surface area contributed by atoms with E-state index in [4.69, 9.17) is 16.3 Å². The molecule has 0 aliphatic heterocycles. The number of amides is 3. The van der Waals surface area contributed by atoms with Crippen molar-refractivity contribution in [2.24, 2.45) is 0 Å². The highest BCUT2D eigenvalue weighted by Gasteiger charge is 2.28. The standard InChI is InChI=1S/C25H28ClFN4O4/c1-25(2,34)12-20(31(3)23(32)29-13-17-6-4-5-7-21(17)26)15-35-24(33)30-22-11-16-8-9-19(27)10-18(16)14-28-22/h4-11,14,20,34H,12-13,15H2,1-3H3,(H,29,32)(H,28,30,33). The number of halogens is 2. The molecule has 0 saturated carbocycles. The van der Waals surface area contributed by atoms with Gasteiger partial charge >= 0.3 is 12.1 Å². The molecule has 10 heteroatoms. The maximum Gasteiger partial charge on any atom is 0.412 e. The molecule has 35 heavy (non-hydrogen) atoms. The highest BCUT2D eigenvalue weighted by Crippen LogP contribution is 2.19. The monoisotopic (exact) mass is 502 g/mol. The van der Waals surface area contributed by atoms with E-state index in [9.17, 15) is 19.1 Å². The van der Waals surface area contributed by atoms with Crippen LogP contribution in [0.4, 0.5) is 19.8 Å². The lowest BCUT2D eigenvalue weighted by Crippen LogP contribution is -2.48. The zero-order valence-corrected chi connectivity index (χ0v) is 20.5. The molecule has 0 aliphatic rings. The van der Waals surface area contributed by atoms with Crippen molar-refractivity contribution in [3.05, 3.63) is 71.1 Å².